The van der Waals surface area contributed by atoms with Crippen LogP contribution in [0.25, 0.3) is 0 Å². The monoisotopic (exact) mass is 264 g/mol. The van der Waals surface area contributed by atoms with Crippen LogP contribution in [0, 0.1) is 17.8 Å². The van der Waals surface area contributed by atoms with Gasteiger partial charge in [0.05, 0.1) is 0 Å². The Bertz CT molecular complexity index is 134. The van der Waals surface area contributed by atoms with Gasteiger partial charge in [0, 0.05) is 3.92 Å². The molecule has 0 aromatic carbocycles. The van der Waals surface area contributed by atoms with E-state index in [0.29, 0.717) is 0 Å². The van der Waals surface area contributed by atoms with Crippen LogP contribution in [0.3, 0.4) is 0 Å². The van der Waals surface area contributed by atoms with Crippen LogP contribution in [0.1, 0.15) is 39.0 Å². The first-order valence-corrected chi connectivity index (χ1v) is 6.16. The van der Waals surface area contributed by atoms with Crippen molar-refractivity contribution in [2.24, 2.45) is 17.8 Å². The summed E-state index contributed by atoms with van der Waals surface area (Å²) >= 11 is 2.62. The van der Waals surface area contributed by atoms with Gasteiger partial charge in [-0.1, -0.05) is 42.4 Å². The SMILES string of the molecule is CC(I)C1CC2CCC1CC2. The summed E-state index contributed by atoms with van der Waals surface area (Å²) in [6, 6.07) is 0. The van der Waals surface area contributed by atoms with Gasteiger partial charge in [-0.2, -0.15) is 0 Å². The number of hydrogen-bond donors (Lipinski definition) is 0. The van der Waals surface area contributed by atoms with Crippen LogP contribution in [0.4, 0.5) is 0 Å². The average Bonchev–Trinajstić information content (AvgIpc) is 2.06. The molecule has 0 aliphatic heterocycles. The lowest BCUT2D eigenvalue weighted by Crippen LogP contribution is -2.34. The van der Waals surface area contributed by atoms with Crippen LogP contribution < -0.4 is 0 Å². The molecule has 64 valence electrons. The van der Waals surface area contributed by atoms with Gasteiger partial charge in [0.15, 0.2) is 0 Å². The lowest BCUT2D eigenvalue weighted by Gasteiger charge is -2.43. The van der Waals surface area contributed by atoms with Gasteiger partial charge in [-0.15, -0.1) is 0 Å². The van der Waals surface area contributed by atoms with Crippen molar-refractivity contribution in [2.45, 2.75) is 43.0 Å². The van der Waals surface area contributed by atoms with E-state index < -0.39 is 0 Å². The number of halogens is 1. The Hall–Kier alpha value is 0.730. The average molecular weight is 264 g/mol. The Morgan fingerprint density at radius 3 is 2.09 bits per heavy atom. The van der Waals surface area contributed by atoms with Gasteiger partial charge < -0.3 is 0 Å². The summed E-state index contributed by atoms with van der Waals surface area (Å²) in [7, 11) is 0. The minimum absolute atomic E-state index is 0.917. The summed E-state index contributed by atoms with van der Waals surface area (Å²) in [5.41, 5.74) is 0. The van der Waals surface area contributed by atoms with Crippen LogP contribution in [0.5, 0.6) is 0 Å². The molecule has 0 radical (unpaired) electrons. The standard InChI is InChI=1S/C10H17I/c1-7(11)10-6-8-2-4-9(10)5-3-8/h7-10H,2-6H2,1H3. The lowest BCUT2D eigenvalue weighted by molar-refractivity contribution is 0.103. The van der Waals surface area contributed by atoms with Gasteiger partial charge in [0.1, 0.15) is 0 Å². The van der Waals surface area contributed by atoms with Crippen molar-refractivity contribution >= 4 is 22.6 Å². The van der Waals surface area contributed by atoms with Gasteiger partial charge in [-0.05, 0) is 37.0 Å². The van der Waals surface area contributed by atoms with Crippen molar-refractivity contribution in [3.63, 3.8) is 0 Å². The second-order valence-electron chi connectivity index (χ2n) is 4.36. The van der Waals surface area contributed by atoms with Gasteiger partial charge in [0.2, 0.25) is 0 Å². The fourth-order valence-corrected chi connectivity index (χ4v) is 3.87. The Labute approximate surface area is 83.3 Å². The topological polar surface area (TPSA) is 0 Å². The van der Waals surface area contributed by atoms with Crippen LogP contribution in [-0.2, 0) is 0 Å². The van der Waals surface area contributed by atoms with E-state index in [4.69, 9.17) is 0 Å². The fraction of sp³-hybridized carbons (Fsp3) is 1.00. The first-order chi connectivity index (χ1) is 5.27. The number of alkyl halides is 1. The van der Waals surface area contributed by atoms with E-state index in [1.165, 1.54) is 0 Å². The third kappa shape index (κ3) is 1.58. The molecule has 0 heterocycles. The molecular weight excluding hydrogens is 247 g/mol. The van der Waals surface area contributed by atoms with E-state index in [0.717, 1.165) is 21.7 Å². The van der Waals surface area contributed by atoms with Crippen molar-refractivity contribution in [3.05, 3.63) is 0 Å². The molecule has 3 fully saturated rings. The molecular formula is C10H17I. The minimum atomic E-state index is 0.917. The maximum Gasteiger partial charge on any atom is 0.0112 e. The van der Waals surface area contributed by atoms with Gasteiger partial charge in [-0.3, -0.25) is 0 Å². The molecule has 0 amide bonds. The van der Waals surface area contributed by atoms with Crippen molar-refractivity contribution in [1.29, 1.82) is 0 Å². The Morgan fingerprint density at radius 2 is 1.82 bits per heavy atom. The predicted molar refractivity (Wildman–Crippen MR) is 57.0 cm³/mol. The third-order valence-corrected chi connectivity index (χ3v) is 4.62. The van der Waals surface area contributed by atoms with Gasteiger partial charge in [-0.25, -0.2) is 0 Å². The first-order valence-electron chi connectivity index (χ1n) is 4.91. The van der Waals surface area contributed by atoms with Crippen LogP contribution in [0.2, 0.25) is 0 Å². The molecule has 0 aromatic rings. The van der Waals surface area contributed by atoms with E-state index in [2.05, 4.69) is 29.5 Å². The van der Waals surface area contributed by atoms with Gasteiger partial charge in [0.25, 0.3) is 0 Å². The molecule has 3 rings (SSSR count). The molecule has 0 spiro atoms. The molecule has 3 saturated carbocycles. The van der Waals surface area contributed by atoms with Crippen LogP contribution in [0.15, 0.2) is 0 Å². The number of rotatable bonds is 1. The van der Waals surface area contributed by atoms with E-state index in [-0.39, 0.29) is 0 Å². The number of hydrogen-bond acceptors (Lipinski definition) is 0. The first kappa shape index (κ1) is 8.33. The zero-order valence-corrected chi connectivity index (χ0v) is 9.38. The molecule has 1 heteroatoms. The number of fused-ring (bicyclic) bond motifs is 3. The molecule has 2 unspecified atom stereocenters. The summed E-state index contributed by atoms with van der Waals surface area (Å²) < 4.78 is 0.917. The van der Waals surface area contributed by atoms with Crippen molar-refractivity contribution < 1.29 is 0 Å². The Balaban J connectivity index is 2.03. The van der Waals surface area contributed by atoms with Crippen molar-refractivity contribution in [3.8, 4) is 0 Å². The molecule has 2 atom stereocenters. The Kier molecular flexibility index (Phi) is 2.45. The highest BCUT2D eigenvalue weighted by molar-refractivity contribution is 14.1. The van der Waals surface area contributed by atoms with E-state index in [9.17, 15) is 0 Å². The molecule has 0 aromatic heterocycles. The molecule has 0 N–H and O–H groups in total. The third-order valence-electron chi connectivity index (χ3n) is 3.69. The lowest BCUT2D eigenvalue weighted by atomic mass is 9.64. The second-order valence-corrected chi connectivity index (χ2v) is 6.32. The minimum Gasteiger partial charge on any atom is -0.0826 e. The zero-order valence-electron chi connectivity index (χ0n) is 7.22. The molecule has 2 bridgehead atoms. The molecule has 3 aliphatic carbocycles. The molecule has 3 aliphatic rings. The molecule has 0 nitrogen and oxygen atoms in total. The smallest absolute Gasteiger partial charge is 0.0112 e. The van der Waals surface area contributed by atoms with E-state index in [1.54, 1.807) is 32.1 Å². The van der Waals surface area contributed by atoms with Gasteiger partial charge >= 0.3 is 0 Å². The highest BCUT2D eigenvalue weighted by Gasteiger charge is 2.37. The summed E-state index contributed by atoms with van der Waals surface area (Å²) in [5.74, 6) is 3.29. The Morgan fingerprint density at radius 1 is 1.18 bits per heavy atom. The summed E-state index contributed by atoms with van der Waals surface area (Å²) in [6.45, 7) is 2.39. The van der Waals surface area contributed by atoms with Crippen molar-refractivity contribution in [2.75, 3.05) is 0 Å². The van der Waals surface area contributed by atoms with Crippen molar-refractivity contribution in [1.82, 2.24) is 0 Å². The molecule has 11 heavy (non-hydrogen) atoms. The summed E-state index contributed by atoms with van der Waals surface area (Å²) in [4.78, 5) is 0. The highest BCUT2D eigenvalue weighted by Crippen LogP contribution is 2.47. The highest BCUT2D eigenvalue weighted by atomic mass is 127. The van der Waals surface area contributed by atoms with Crippen LogP contribution >= 0.6 is 22.6 Å². The quantitative estimate of drug-likeness (QED) is 0.501. The maximum atomic E-state index is 2.62. The molecule has 0 saturated heterocycles. The zero-order chi connectivity index (χ0) is 7.84. The second kappa shape index (κ2) is 3.23. The van der Waals surface area contributed by atoms with E-state index in [1.807, 2.05) is 0 Å². The summed E-state index contributed by atoms with van der Waals surface area (Å²) in [6.07, 6.45) is 7.73. The summed E-state index contributed by atoms with van der Waals surface area (Å²) in [5, 5.41) is 0. The predicted octanol–water partition coefficient (Wildman–Crippen LogP) is 3.64. The fourth-order valence-electron chi connectivity index (χ4n) is 2.99. The largest absolute Gasteiger partial charge is 0.0826 e. The van der Waals surface area contributed by atoms with Crippen LogP contribution in [-0.4, -0.2) is 3.92 Å². The van der Waals surface area contributed by atoms with E-state index >= 15 is 0 Å². The normalized spacial score (nSPS) is 45.8. The maximum absolute atomic E-state index is 2.62.